The fourth-order valence-corrected chi connectivity index (χ4v) is 5.10. The van der Waals surface area contributed by atoms with Crippen molar-refractivity contribution >= 4 is 23.5 Å². The average Bonchev–Trinajstić information content (AvgIpc) is 2.85. The summed E-state index contributed by atoms with van der Waals surface area (Å²) in [5.41, 5.74) is 4.45. The van der Waals surface area contributed by atoms with Crippen molar-refractivity contribution in [3.63, 3.8) is 0 Å². The molecule has 0 saturated carbocycles. The Labute approximate surface area is 124 Å². The molecule has 19 heavy (non-hydrogen) atoms. The molecule has 0 aromatic heterocycles. The van der Waals surface area contributed by atoms with Crippen molar-refractivity contribution in [2.24, 2.45) is 0 Å². The molecular formula is C17H18S2. The van der Waals surface area contributed by atoms with E-state index < -0.39 is 0 Å². The van der Waals surface area contributed by atoms with E-state index in [0.717, 1.165) is 11.7 Å². The molecule has 1 unspecified atom stereocenters. The lowest BCUT2D eigenvalue weighted by atomic mass is 10.0. The van der Waals surface area contributed by atoms with E-state index in [2.05, 4.69) is 67.2 Å². The second-order valence-electron chi connectivity index (χ2n) is 4.99. The van der Waals surface area contributed by atoms with Crippen molar-refractivity contribution in [3.8, 4) is 0 Å². The molecule has 0 amide bonds. The van der Waals surface area contributed by atoms with Gasteiger partial charge >= 0.3 is 0 Å². The van der Waals surface area contributed by atoms with Gasteiger partial charge in [0.15, 0.2) is 0 Å². The van der Waals surface area contributed by atoms with E-state index in [1.165, 1.54) is 27.5 Å². The predicted octanol–water partition coefficient (Wildman–Crippen LogP) is 5.12. The zero-order valence-electron chi connectivity index (χ0n) is 11.1. The lowest BCUT2D eigenvalue weighted by Gasteiger charge is -2.11. The van der Waals surface area contributed by atoms with Crippen LogP contribution in [-0.2, 0) is 5.75 Å². The lowest BCUT2D eigenvalue weighted by molar-refractivity contribution is 0.896. The normalized spacial score (nSPS) is 17.4. The minimum Gasteiger partial charge on any atom is -0.157 e. The van der Waals surface area contributed by atoms with Gasteiger partial charge in [0, 0.05) is 28.1 Å². The highest BCUT2D eigenvalue weighted by Gasteiger charge is 2.22. The zero-order valence-corrected chi connectivity index (χ0v) is 12.8. The summed E-state index contributed by atoms with van der Waals surface area (Å²) in [5.74, 6) is 4.35. The van der Waals surface area contributed by atoms with Crippen LogP contribution in [0.2, 0.25) is 0 Å². The Morgan fingerprint density at radius 2 is 1.89 bits per heavy atom. The smallest absolute Gasteiger partial charge is 0.0187 e. The van der Waals surface area contributed by atoms with Gasteiger partial charge in [-0.2, -0.15) is 11.8 Å². The Bertz CT molecular complexity index is 563. The molecule has 0 radical (unpaired) electrons. The van der Waals surface area contributed by atoms with Crippen molar-refractivity contribution in [2.75, 3.05) is 11.5 Å². The molecule has 3 rings (SSSR count). The maximum absolute atomic E-state index is 2.30. The molecule has 0 spiro atoms. The van der Waals surface area contributed by atoms with Crippen molar-refractivity contribution in [3.05, 3.63) is 65.2 Å². The number of aryl methyl sites for hydroxylation is 1. The number of hydrogen-bond donors (Lipinski definition) is 0. The fourth-order valence-electron chi connectivity index (χ4n) is 2.45. The summed E-state index contributed by atoms with van der Waals surface area (Å²) >= 11 is 4.08. The molecule has 0 bridgehead atoms. The number of hydrogen-bond acceptors (Lipinski definition) is 2. The summed E-state index contributed by atoms with van der Waals surface area (Å²) < 4.78 is 0. The molecule has 2 aromatic carbocycles. The predicted molar refractivity (Wildman–Crippen MR) is 87.2 cm³/mol. The third kappa shape index (κ3) is 3.01. The van der Waals surface area contributed by atoms with Gasteiger partial charge in [0.1, 0.15) is 0 Å². The van der Waals surface area contributed by atoms with Crippen LogP contribution < -0.4 is 0 Å². The van der Waals surface area contributed by atoms with Gasteiger partial charge in [-0.25, -0.2) is 0 Å². The monoisotopic (exact) mass is 286 g/mol. The first kappa shape index (κ1) is 13.1. The summed E-state index contributed by atoms with van der Waals surface area (Å²) in [5, 5.41) is 0. The van der Waals surface area contributed by atoms with Gasteiger partial charge in [0.25, 0.3) is 0 Å². The highest BCUT2D eigenvalue weighted by molar-refractivity contribution is 8.00. The zero-order chi connectivity index (χ0) is 13.1. The third-order valence-electron chi connectivity index (χ3n) is 3.64. The highest BCUT2D eigenvalue weighted by atomic mass is 32.2. The molecular weight excluding hydrogens is 268 g/mol. The Hall–Kier alpha value is -0.860. The molecule has 2 aromatic rings. The van der Waals surface area contributed by atoms with Crippen molar-refractivity contribution < 1.29 is 0 Å². The van der Waals surface area contributed by atoms with E-state index in [1.807, 2.05) is 11.8 Å². The number of thioether (sulfide) groups is 2. The second kappa shape index (κ2) is 6.06. The molecule has 0 saturated heterocycles. The molecule has 0 fully saturated rings. The second-order valence-corrected chi connectivity index (χ2v) is 7.08. The maximum atomic E-state index is 2.30. The van der Waals surface area contributed by atoms with Gasteiger partial charge in [0.2, 0.25) is 0 Å². The highest BCUT2D eigenvalue weighted by Crippen LogP contribution is 2.41. The van der Waals surface area contributed by atoms with Gasteiger partial charge < -0.3 is 0 Å². The molecule has 1 atom stereocenters. The molecule has 2 heteroatoms. The quantitative estimate of drug-likeness (QED) is 0.765. The van der Waals surface area contributed by atoms with E-state index in [4.69, 9.17) is 0 Å². The fraction of sp³-hybridized carbons (Fsp3) is 0.294. The molecule has 1 aliphatic heterocycles. The van der Waals surface area contributed by atoms with Crippen LogP contribution in [0.4, 0.5) is 0 Å². The van der Waals surface area contributed by atoms with Crippen LogP contribution in [-0.4, -0.2) is 11.5 Å². The number of benzene rings is 2. The molecule has 1 heterocycles. The Kier molecular flexibility index (Phi) is 4.19. The molecule has 0 nitrogen and oxygen atoms in total. The number of rotatable bonds is 4. The Balaban J connectivity index is 1.58. The largest absolute Gasteiger partial charge is 0.157 e. The summed E-state index contributed by atoms with van der Waals surface area (Å²) in [6.45, 7) is 2.20. The van der Waals surface area contributed by atoms with E-state index >= 15 is 0 Å². The lowest BCUT2D eigenvalue weighted by Crippen LogP contribution is -2.00. The topological polar surface area (TPSA) is 0 Å². The van der Waals surface area contributed by atoms with Gasteiger partial charge in [-0.3, -0.25) is 0 Å². The van der Waals surface area contributed by atoms with E-state index in [-0.39, 0.29) is 0 Å². The van der Waals surface area contributed by atoms with Crippen molar-refractivity contribution in [1.29, 1.82) is 0 Å². The minimum absolute atomic E-state index is 0.732. The van der Waals surface area contributed by atoms with E-state index in [1.54, 1.807) is 5.56 Å². The molecule has 98 valence electrons. The molecule has 0 N–H and O–H groups in total. The third-order valence-corrected chi connectivity index (χ3v) is 6.04. The minimum atomic E-state index is 0.732. The van der Waals surface area contributed by atoms with Gasteiger partial charge in [-0.15, -0.1) is 11.8 Å². The van der Waals surface area contributed by atoms with Crippen LogP contribution >= 0.6 is 23.5 Å². The van der Waals surface area contributed by atoms with Crippen LogP contribution in [0.5, 0.6) is 0 Å². The van der Waals surface area contributed by atoms with Gasteiger partial charge in [-0.1, -0.05) is 42.5 Å². The average molecular weight is 286 g/mol. The van der Waals surface area contributed by atoms with Crippen LogP contribution in [0.1, 0.15) is 22.6 Å². The first-order valence-electron chi connectivity index (χ1n) is 6.68. The Morgan fingerprint density at radius 3 is 2.79 bits per heavy atom. The van der Waals surface area contributed by atoms with Crippen molar-refractivity contribution in [1.82, 2.24) is 0 Å². The Morgan fingerprint density at radius 1 is 1.11 bits per heavy atom. The summed E-state index contributed by atoms with van der Waals surface area (Å²) in [4.78, 5) is 1.49. The first-order chi connectivity index (χ1) is 9.34. The number of fused-ring (bicyclic) bond motifs is 1. The summed E-state index contributed by atoms with van der Waals surface area (Å²) in [6, 6.07) is 17.6. The molecule has 0 aliphatic carbocycles. The summed E-state index contributed by atoms with van der Waals surface area (Å²) in [6.07, 6.45) is 0. The van der Waals surface area contributed by atoms with Crippen LogP contribution in [0.15, 0.2) is 53.4 Å². The standard InChI is InChI=1S/C17H18S2/c1-13-6-2-3-7-14(13)10-18-11-15-12-19-17-9-5-4-8-16(15)17/h2-9,15H,10-12H2,1H3. The van der Waals surface area contributed by atoms with E-state index in [0.29, 0.717) is 0 Å². The first-order valence-corrected chi connectivity index (χ1v) is 8.82. The maximum Gasteiger partial charge on any atom is 0.0187 e. The van der Waals surface area contributed by atoms with Gasteiger partial charge in [0.05, 0.1) is 0 Å². The molecule has 1 aliphatic rings. The van der Waals surface area contributed by atoms with Crippen LogP contribution in [0.3, 0.4) is 0 Å². The summed E-state index contributed by atoms with van der Waals surface area (Å²) in [7, 11) is 0. The SMILES string of the molecule is Cc1ccccc1CSCC1CSc2ccccc21. The van der Waals surface area contributed by atoms with Gasteiger partial charge in [-0.05, 0) is 29.7 Å². The van der Waals surface area contributed by atoms with Crippen molar-refractivity contribution in [2.45, 2.75) is 23.5 Å². The van der Waals surface area contributed by atoms with Crippen LogP contribution in [0, 0.1) is 6.92 Å². The van der Waals surface area contributed by atoms with Crippen LogP contribution in [0.25, 0.3) is 0 Å². The van der Waals surface area contributed by atoms with E-state index in [9.17, 15) is 0 Å².